The van der Waals surface area contributed by atoms with E-state index in [0.717, 1.165) is 12.5 Å². The zero-order valence-electron chi connectivity index (χ0n) is 9.38. The zero-order valence-corrected chi connectivity index (χ0v) is 11.0. The van der Waals surface area contributed by atoms with Crippen molar-refractivity contribution in [1.29, 1.82) is 0 Å². The van der Waals surface area contributed by atoms with Crippen molar-refractivity contribution in [2.24, 2.45) is 0 Å². The lowest BCUT2D eigenvalue weighted by Gasteiger charge is -2.06. The fraction of sp³-hybridized carbons (Fsp3) is 0.0833. The quantitative estimate of drug-likeness (QED) is 0.781. The minimum Gasteiger partial charge on any atom is -0.465 e. The maximum atomic E-state index is 11.8. The molecular weight excluding hydrogens is 276 g/mol. The molecule has 1 aromatic carbocycles. The summed E-state index contributed by atoms with van der Waals surface area (Å²) in [4.78, 5) is 11.2. The molecule has 1 aliphatic rings. The first-order valence-electron chi connectivity index (χ1n) is 4.98. The Morgan fingerprint density at radius 2 is 1.94 bits per heavy atom. The zero-order chi connectivity index (χ0) is 13.3. The molecule has 0 saturated heterocycles. The second kappa shape index (κ2) is 4.59. The van der Waals surface area contributed by atoms with Gasteiger partial charge in [-0.05, 0) is 12.1 Å². The lowest BCUT2D eigenvalue weighted by atomic mass is 10.1. The number of carbonyl (C=O) groups is 1. The Morgan fingerprint density at radius 3 is 2.56 bits per heavy atom. The van der Waals surface area contributed by atoms with Gasteiger partial charge in [-0.25, -0.2) is 13.2 Å². The van der Waals surface area contributed by atoms with Crippen molar-refractivity contribution in [3.63, 3.8) is 0 Å². The van der Waals surface area contributed by atoms with E-state index >= 15 is 0 Å². The SMILES string of the molecule is COC(=O)C1=C(c2ccccc2Cl)C=CS1(=O)=O. The second-order valence-electron chi connectivity index (χ2n) is 3.56. The van der Waals surface area contributed by atoms with Crippen molar-refractivity contribution in [3.8, 4) is 0 Å². The van der Waals surface area contributed by atoms with E-state index in [1.54, 1.807) is 24.3 Å². The Balaban J connectivity index is 2.71. The molecule has 0 radical (unpaired) electrons. The Kier molecular flexibility index (Phi) is 3.28. The average Bonchev–Trinajstić information content (AvgIpc) is 2.65. The Hall–Kier alpha value is -1.59. The molecule has 1 aliphatic heterocycles. The smallest absolute Gasteiger partial charge is 0.350 e. The molecular formula is C12H9ClO4S. The summed E-state index contributed by atoms with van der Waals surface area (Å²) < 4.78 is 28.0. The molecule has 2 rings (SSSR count). The summed E-state index contributed by atoms with van der Waals surface area (Å²) in [5.74, 6) is -0.894. The maximum Gasteiger partial charge on any atom is 0.350 e. The lowest BCUT2D eigenvalue weighted by Crippen LogP contribution is -2.12. The first-order valence-corrected chi connectivity index (χ1v) is 6.90. The van der Waals surface area contributed by atoms with Crippen LogP contribution >= 0.6 is 11.6 Å². The van der Waals surface area contributed by atoms with E-state index in [0.29, 0.717) is 10.6 Å². The van der Waals surface area contributed by atoms with E-state index in [1.807, 2.05) is 0 Å². The molecule has 0 bridgehead atoms. The van der Waals surface area contributed by atoms with Gasteiger partial charge in [-0.2, -0.15) is 0 Å². The normalized spacial score (nSPS) is 17.0. The van der Waals surface area contributed by atoms with Crippen LogP contribution in [0.15, 0.2) is 40.7 Å². The number of methoxy groups -OCH3 is 1. The van der Waals surface area contributed by atoms with E-state index in [1.165, 1.54) is 6.08 Å². The molecule has 0 atom stereocenters. The fourth-order valence-corrected chi connectivity index (χ4v) is 3.15. The van der Waals surface area contributed by atoms with Crippen LogP contribution in [0.3, 0.4) is 0 Å². The van der Waals surface area contributed by atoms with E-state index in [-0.39, 0.29) is 10.5 Å². The van der Waals surface area contributed by atoms with Crippen molar-refractivity contribution in [1.82, 2.24) is 0 Å². The van der Waals surface area contributed by atoms with Crippen molar-refractivity contribution in [2.75, 3.05) is 7.11 Å². The topological polar surface area (TPSA) is 60.4 Å². The largest absolute Gasteiger partial charge is 0.465 e. The van der Waals surface area contributed by atoms with Crippen LogP contribution in [0.5, 0.6) is 0 Å². The van der Waals surface area contributed by atoms with Gasteiger partial charge in [0, 0.05) is 21.6 Å². The molecule has 94 valence electrons. The number of carbonyl (C=O) groups excluding carboxylic acids is 1. The molecule has 0 spiro atoms. The second-order valence-corrected chi connectivity index (χ2v) is 5.74. The van der Waals surface area contributed by atoms with Gasteiger partial charge in [0.25, 0.3) is 0 Å². The summed E-state index contributed by atoms with van der Waals surface area (Å²) in [6.07, 6.45) is 1.35. The maximum absolute atomic E-state index is 11.8. The average molecular weight is 285 g/mol. The molecule has 0 aromatic heterocycles. The first kappa shape index (κ1) is 12.9. The molecule has 0 N–H and O–H groups in total. The molecule has 18 heavy (non-hydrogen) atoms. The van der Waals surface area contributed by atoms with Gasteiger partial charge in [-0.15, -0.1) is 0 Å². The van der Waals surface area contributed by atoms with Gasteiger partial charge in [-0.3, -0.25) is 0 Å². The van der Waals surface area contributed by atoms with Gasteiger partial charge >= 0.3 is 5.97 Å². The summed E-state index contributed by atoms with van der Waals surface area (Å²) in [6, 6.07) is 6.70. The number of allylic oxidation sites excluding steroid dienone is 2. The molecule has 0 amide bonds. The number of benzene rings is 1. The van der Waals surface area contributed by atoms with E-state index in [9.17, 15) is 13.2 Å². The summed E-state index contributed by atoms with van der Waals surface area (Å²) in [5, 5.41) is 1.34. The van der Waals surface area contributed by atoms with Crippen LogP contribution < -0.4 is 0 Å². The predicted molar refractivity (Wildman–Crippen MR) is 68.4 cm³/mol. The standard InChI is InChI=1S/C12H9ClO4S/c1-17-12(14)11-9(6-7-18(11,15)16)8-4-2-3-5-10(8)13/h2-7H,1H3. The number of esters is 1. The summed E-state index contributed by atoms with van der Waals surface area (Å²) >= 11 is 6.00. The van der Waals surface area contributed by atoms with Gasteiger partial charge in [0.15, 0.2) is 4.91 Å². The van der Waals surface area contributed by atoms with Crippen LogP contribution in [0.4, 0.5) is 0 Å². The fourth-order valence-electron chi connectivity index (χ4n) is 1.67. The van der Waals surface area contributed by atoms with Crippen LogP contribution in [0.25, 0.3) is 5.57 Å². The number of hydrogen-bond donors (Lipinski definition) is 0. The molecule has 1 aromatic rings. The lowest BCUT2D eigenvalue weighted by molar-refractivity contribution is -0.135. The number of halogens is 1. The van der Waals surface area contributed by atoms with E-state index in [4.69, 9.17) is 11.6 Å². The predicted octanol–water partition coefficient (Wildman–Crippen LogP) is 2.17. The van der Waals surface area contributed by atoms with Crippen LogP contribution in [-0.2, 0) is 19.4 Å². The van der Waals surface area contributed by atoms with Gasteiger partial charge < -0.3 is 4.74 Å². The minimum atomic E-state index is -3.75. The van der Waals surface area contributed by atoms with E-state index < -0.39 is 15.8 Å². The van der Waals surface area contributed by atoms with Gasteiger partial charge in [0.2, 0.25) is 9.84 Å². The monoisotopic (exact) mass is 284 g/mol. The number of sulfone groups is 1. The van der Waals surface area contributed by atoms with Gasteiger partial charge in [0.05, 0.1) is 7.11 Å². The van der Waals surface area contributed by atoms with Crippen LogP contribution in [-0.4, -0.2) is 21.5 Å². The van der Waals surface area contributed by atoms with Crippen LogP contribution in [0.2, 0.25) is 5.02 Å². The van der Waals surface area contributed by atoms with Gasteiger partial charge in [0.1, 0.15) is 0 Å². The molecule has 0 fully saturated rings. The van der Waals surface area contributed by atoms with Crippen LogP contribution in [0, 0.1) is 0 Å². The first-order chi connectivity index (χ1) is 8.47. The summed E-state index contributed by atoms with van der Waals surface area (Å²) in [5.41, 5.74) is 0.740. The third-order valence-corrected chi connectivity index (χ3v) is 4.26. The highest BCUT2D eigenvalue weighted by Gasteiger charge is 2.32. The highest BCUT2D eigenvalue weighted by Crippen LogP contribution is 2.34. The number of ether oxygens (including phenoxy) is 1. The van der Waals surface area contributed by atoms with Crippen molar-refractivity contribution in [3.05, 3.63) is 51.2 Å². The molecule has 0 saturated carbocycles. The molecule has 0 aliphatic carbocycles. The molecule has 6 heteroatoms. The molecule has 0 unspecified atom stereocenters. The third-order valence-electron chi connectivity index (χ3n) is 2.48. The molecule has 4 nitrogen and oxygen atoms in total. The number of hydrogen-bond acceptors (Lipinski definition) is 4. The summed E-state index contributed by atoms with van der Waals surface area (Å²) in [7, 11) is -2.61. The van der Waals surface area contributed by atoms with Crippen molar-refractivity contribution < 1.29 is 17.9 Å². The minimum absolute atomic E-state index is 0.257. The van der Waals surface area contributed by atoms with Crippen LogP contribution in [0.1, 0.15) is 5.56 Å². The Labute approximate surface area is 109 Å². The van der Waals surface area contributed by atoms with E-state index in [2.05, 4.69) is 4.74 Å². The molecule has 1 heterocycles. The number of rotatable bonds is 2. The van der Waals surface area contributed by atoms with Crippen molar-refractivity contribution >= 4 is 33.0 Å². The Morgan fingerprint density at radius 1 is 1.28 bits per heavy atom. The highest BCUT2D eigenvalue weighted by molar-refractivity contribution is 7.99. The summed E-state index contributed by atoms with van der Waals surface area (Å²) in [6.45, 7) is 0. The highest BCUT2D eigenvalue weighted by atomic mass is 35.5. The third kappa shape index (κ3) is 2.07. The Bertz CT molecular complexity index is 671. The van der Waals surface area contributed by atoms with Gasteiger partial charge in [-0.1, -0.05) is 29.8 Å². The van der Waals surface area contributed by atoms with Crippen molar-refractivity contribution in [2.45, 2.75) is 0 Å².